The molecule has 0 bridgehead atoms. The number of benzene rings is 2. The number of hydrogen-bond donors (Lipinski definition) is 1. The smallest absolute Gasteiger partial charge is 0.318 e. The third-order valence-corrected chi connectivity index (χ3v) is 5.44. The lowest BCUT2D eigenvalue weighted by atomic mass is 9.92. The Labute approximate surface area is 175 Å². The first-order valence-electron chi connectivity index (χ1n) is 9.74. The van der Waals surface area contributed by atoms with Crippen molar-refractivity contribution in [3.63, 3.8) is 0 Å². The lowest BCUT2D eigenvalue weighted by molar-refractivity contribution is -0.131. The van der Waals surface area contributed by atoms with Crippen LogP contribution in [0, 0.1) is 13.8 Å². The summed E-state index contributed by atoms with van der Waals surface area (Å²) in [5.41, 5.74) is 3.20. The molecule has 1 aliphatic rings. The number of hydrazone groups is 1. The molecular weight excluding hydrogens is 378 g/mol. The summed E-state index contributed by atoms with van der Waals surface area (Å²) in [6, 6.07) is 18.7. The summed E-state index contributed by atoms with van der Waals surface area (Å²) in [5, 5.41) is 12.4. The Morgan fingerprint density at radius 3 is 2.33 bits per heavy atom. The second-order valence-corrected chi connectivity index (χ2v) is 7.51. The van der Waals surface area contributed by atoms with Crippen molar-refractivity contribution in [2.24, 2.45) is 5.10 Å². The Bertz CT molecular complexity index is 1120. The summed E-state index contributed by atoms with van der Waals surface area (Å²) in [7, 11) is 0. The van der Waals surface area contributed by atoms with E-state index in [4.69, 9.17) is 0 Å². The summed E-state index contributed by atoms with van der Waals surface area (Å²) in [4.78, 5) is 25.5. The second-order valence-electron chi connectivity index (χ2n) is 7.51. The molecule has 2 heterocycles. The number of amides is 3. The molecule has 2 aromatic carbocycles. The number of aromatic nitrogens is 2. The summed E-state index contributed by atoms with van der Waals surface area (Å²) in [5.74, 6) is -0.415. The van der Waals surface area contributed by atoms with Gasteiger partial charge in [0.1, 0.15) is 5.54 Å². The van der Waals surface area contributed by atoms with Gasteiger partial charge in [-0.2, -0.15) is 10.2 Å². The molecule has 3 aromatic rings. The minimum absolute atomic E-state index is 0.415. The van der Waals surface area contributed by atoms with Crippen LogP contribution >= 0.6 is 0 Å². The number of rotatable bonds is 5. The minimum Gasteiger partial charge on any atom is -0.318 e. The molecule has 0 unspecified atom stereocenters. The molecule has 1 N–H and O–H groups in total. The van der Waals surface area contributed by atoms with Gasteiger partial charge in [0.15, 0.2) is 0 Å². The van der Waals surface area contributed by atoms with Crippen LogP contribution in [0.5, 0.6) is 0 Å². The molecule has 1 fully saturated rings. The van der Waals surface area contributed by atoms with E-state index < -0.39 is 17.5 Å². The first kappa shape index (κ1) is 19.6. The van der Waals surface area contributed by atoms with Gasteiger partial charge < -0.3 is 5.32 Å². The molecule has 0 saturated carbocycles. The lowest BCUT2D eigenvalue weighted by Gasteiger charge is -2.20. The molecule has 1 atom stereocenters. The maximum Gasteiger partial charge on any atom is 0.346 e. The van der Waals surface area contributed by atoms with Crippen LogP contribution in [0.4, 0.5) is 4.79 Å². The van der Waals surface area contributed by atoms with Crippen molar-refractivity contribution in [2.45, 2.75) is 32.9 Å². The molecule has 1 aliphatic heterocycles. The third-order valence-electron chi connectivity index (χ3n) is 5.44. The van der Waals surface area contributed by atoms with Crippen LogP contribution in [-0.4, -0.2) is 32.9 Å². The van der Waals surface area contributed by atoms with E-state index in [9.17, 15) is 9.59 Å². The standard InChI is InChI=1S/C23H23N5O2/c1-16-20(17(2)27(26-16)15-18-10-6-4-7-11-18)14-24-28-21(29)23(3,25-22(28)30)19-12-8-5-9-13-19/h4-14H,15H2,1-3H3,(H,25,30)/b24-14-/t23-/m1/s1. The van der Waals surface area contributed by atoms with E-state index >= 15 is 0 Å². The highest BCUT2D eigenvalue weighted by Gasteiger charge is 2.49. The fourth-order valence-corrected chi connectivity index (χ4v) is 3.62. The van der Waals surface area contributed by atoms with Gasteiger partial charge in [-0.3, -0.25) is 9.48 Å². The van der Waals surface area contributed by atoms with Crippen LogP contribution in [0.15, 0.2) is 65.8 Å². The first-order chi connectivity index (χ1) is 14.4. The molecule has 4 rings (SSSR count). The fraction of sp³-hybridized carbons (Fsp3) is 0.217. The Balaban J connectivity index is 1.58. The summed E-state index contributed by atoms with van der Waals surface area (Å²) in [6.07, 6.45) is 1.54. The zero-order valence-corrected chi connectivity index (χ0v) is 17.2. The molecule has 0 aliphatic carbocycles. The SMILES string of the molecule is Cc1nn(Cc2ccccc2)c(C)c1/C=N\N1C(=O)N[C@](C)(c2ccccc2)C1=O. The number of aryl methyl sites for hydroxylation is 1. The van der Waals surface area contributed by atoms with Gasteiger partial charge >= 0.3 is 6.03 Å². The number of nitrogens with one attached hydrogen (secondary N) is 1. The van der Waals surface area contributed by atoms with Crippen molar-refractivity contribution in [3.05, 3.63) is 88.7 Å². The minimum atomic E-state index is -1.14. The lowest BCUT2D eigenvalue weighted by Crippen LogP contribution is -2.40. The van der Waals surface area contributed by atoms with E-state index in [1.54, 1.807) is 6.92 Å². The summed E-state index contributed by atoms with van der Waals surface area (Å²) < 4.78 is 1.89. The highest BCUT2D eigenvalue weighted by molar-refractivity contribution is 6.07. The number of hydrogen-bond acceptors (Lipinski definition) is 4. The molecule has 0 spiro atoms. The molecule has 1 aromatic heterocycles. The molecule has 3 amide bonds. The van der Waals surface area contributed by atoms with E-state index in [1.165, 1.54) is 6.21 Å². The van der Waals surface area contributed by atoms with E-state index in [-0.39, 0.29) is 0 Å². The van der Waals surface area contributed by atoms with E-state index in [0.29, 0.717) is 12.1 Å². The van der Waals surface area contributed by atoms with Gasteiger partial charge in [-0.05, 0) is 31.9 Å². The Hall–Kier alpha value is -3.74. The van der Waals surface area contributed by atoms with Gasteiger partial charge in [0.2, 0.25) is 0 Å². The van der Waals surface area contributed by atoms with Crippen LogP contribution in [0.25, 0.3) is 0 Å². The second kappa shape index (κ2) is 7.59. The van der Waals surface area contributed by atoms with Crippen molar-refractivity contribution in [1.29, 1.82) is 0 Å². The number of urea groups is 1. The predicted molar refractivity (Wildman–Crippen MR) is 114 cm³/mol. The number of imide groups is 1. The van der Waals surface area contributed by atoms with Crippen molar-refractivity contribution in [2.75, 3.05) is 0 Å². The maximum absolute atomic E-state index is 13.0. The normalized spacial score (nSPS) is 19.0. The number of nitrogens with zero attached hydrogens (tertiary/aromatic N) is 4. The van der Waals surface area contributed by atoms with E-state index in [2.05, 4.69) is 15.5 Å². The number of carbonyl (C=O) groups excluding carboxylic acids is 2. The van der Waals surface area contributed by atoms with Crippen molar-refractivity contribution in [3.8, 4) is 0 Å². The van der Waals surface area contributed by atoms with Crippen molar-refractivity contribution < 1.29 is 9.59 Å². The fourth-order valence-electron chi connectivity index (χ4n) is 3.62. The van der Waals surface area contributed by atoms with Gasteiger partial charge in [-0.1, -0.05) is 60.7 Å². The monoisotopic (exact) mass is 401 g/mol. The molecule has 7 heteroatoms. The molecule has 152 valence electrons. The van der Waals surface area contributed by atoms with Gasteiger partial charge in [0.25, 0.3) is 5.91 Å². The number of carbonyl (C=O) groups is 2. The van der Waals surface area contributed by atoms with Crippen LogP contribution in [-0.2, 0) is 16.9 Å². The average molecular weight is 401 g/mol. The van der Waals surface area contributed by atoms with Crippen molar-refractivity contribution in [1.82, 2.24) is 20.1 Å². The Morgan fingerprint density at radius 1 is 1.03 bits per heavy atom. The first-order valence-corrected chi connectivity index (χ1v) is 9.74. The van der Waals surface area contributed by atoms with Crippen LogP contribution < -0.4 is 5.32 Å². The average Bonchev–Trinajstić information content (AvgIpc) is 3.14. The quantitative estimate of drug-likeness (QED) is 0.526. The van der Waals surface area contributed by atoms with E-state index in [0.717, 1.165) is 27.5 Å². The Morgan fingerprint density at radius 2 is 1.67 bits per heavy atom. The van der Waals surface area contributed by atoms with Crippen molar-refractivity contribution >= 4 is 18.2 Å². The zero-order valence-electron chi connectivity index (χ0n) is 17.2. The van der Waals surface area contributed by atoms with Crippen LogP contribution in [0.1, 0.15) is 35.0 Å². The molecule has 0 radical (unpaired) electrons. The predicted octanol–water partition coefficient (Wildman–Crippen LogP) is 3.35. The van der Waals surface area contributed by atoms with E-state index in [1.807, 2.05) is 79.2 Å². The molecule has 7 nitrogen and oxygen atoms in total. The summed E-state index contributed by atoms with van der Waals surface area (Å²) in [6.45, 7) is 6.16. The third kappa shape index (κ3) is 3.39. The van der Waals surface area contributed by atoms with Gasteiger partial charge in [-0.25, -0.2) is 4.79 Å². The Kier molecular flexibility index (Phi) is 4.95. The van der Waals surface area contributed by atoms with Gasteiger partial charge in [-0.15, -0.1) is 5.01 Å². The highest BCUT2D eigenvalue weighted by Crippen LogP contribution is 2.28. The maximum atomic E-state index is 13.0. The van der Waals surface area contributed by atoms with Crippen LogP contribution in [0.2, 0.25) is 0 Å². The van der Waals surface area contributed by atoms with Gasteiger partial charge in [0, 0.05) is 11.3 Å². The molecular formula is C23H23N5O2. The zero-order chi connectivity index (χ0) is 21.3. The van der Waals surface area contributed by atoms with Crippen LogP contribution in [0.3, 0.4) is 0 Å². The highest BCUT2D eigenvalue weighted by atomic mass is 16.2. The molecule has 30 heavy (non-hydrogen) atoms. The molecule has 1 saturated heterocycles. The summed E-state index contributed by atoms with van der Waals surface area (Å²) >= 11 is 0. The topological polar surface area (TPSA) is 79.6 Å². The largest absolute Gasteiger partial charge is 0.346 e. The van der Waals surface area contributed by atoms with Gasteiger partial charge in [0.05, 0.1) is 18.5 Å².